The third-order valence-electron chi connectivity index (χ3n) is 4.15. The van der Waals surface area contributed by atoms with Crippen LogP contribution in [0.25, 0.3) is 0 Å². The first kappa shape index (κ1) is 16.2. The fourth-order valence-electron chi connectivity index (χ4n) is 2.94. The number of hydrogen-bond donors (Lipinski definition) is 2. The molecule has 0 spiro atoms. The number of carbonyl (C=O) groups excluding carboxylic acids is 1. The minimum atomic E-state index is -0.258. The van der Waals surface area contributed by atoms with E-state index in [1.54, 1.807) is 0 Å². The maximum absolute atomic E-state index is 12.3. The van der Waals surface area contributed by atoms with Crippen LogP contribution in [-0.2, 0) is 12.8 Å². The largest absolute Gasteiger partial charge is 0.494 e. The lowest BCUT2D eigenvalue weighted by Gasteiger charge is -2.07. The minimum absolute atomic E-state index is 0.258. The van der Waals surface area contributed by atoms with Gasteiger partial charge in [0, 0.05) is 11.3 Å². The molecule has 2 aromatic rings. The average molecular weight is 326 g/mol. The number of amides is 1. The molecule has 1 heterocycles. The summed E-state index contributed by atoms with van der Waals surface area (Å²) in [6.07, 6.45) is 3.65. The van der Waals surface area contributed by atoms with Crippen LogP contribution >= 0.6 is 0 Å². The SMILES string of the molecule is CCOc1ccc(/C(CC)=N/NC(=O)c2n[nH]c3c2CCC3)cc1. The lowest BCUT2D eigenvalue weighted by molar-refractivity contribution is 0.0949. The van der Waals surface area contributed by atoms with E-state index in [2.05, 4.69) is 20.7 Å². The van der Waals surface area contributed by atoms with Gasteiger partial charge in [-0.05, 0) is 62.4 Å². The van der Waals surface area contributed by atoms with Crippen molar-refractivity contribution < 1.29 is 9.53 Å². The van der Waals surface area contributed by atoms with Gasteiger partial charge >= 0.3 is 0 Å². The van der Waals surface area contributed by atoms with Gasteiger partial charge in [-0.25, -0.2) is 5.43 Å². The van der Waals surface area contributed by atoms with Gasteiger partial charge in [-0.3, -0.25) is 9.89 Å². The Morgan fingerprint density at radius 1 is 1.29 bits per heavy atom. The molecule has 2 N–H and O–H groups in total. The van der Waals surface area contributed by atoms with Crippen LogP contribution in [0, 0.1) is 0 Å². The maximum Gasteiger partial charge on any atom is 0.292 e. The van der Waals surface area contributed by atoms with Crippen LogP contribution in [0.5, 0.6) is 5.75 Å². The summed E-state index contributed by atoms with van der Waals surface area (Å²) in [6, 6.07) is 7.72. The molecule has 3 rings (SSSR count). The highest BCUT2D eigenvalue weighted by Gasteiger charge is 2.22. The van der Waals surface area contributed by atoms with E-state index >= 15 is 0 Å². The van der Waals surface area contributed by atoms with E-state index in [0.29, 0.717) is 18.7 Å². The molecule has 24 heavy (non-hydrogen) atoms. The van der Waals surface area contributed by atoms with Crippen LogP contribution in [-0.4, -0.2) is 28.4 Å². The van der Waals surface area contributed by atoms with Crippen molar-refractivity contribution in [3.8, 4) is 5.75 Å². The van der Waals surface area contributed by atoms with Crippen LogP contribution < -0.4 is 10.2 Å². The number of aromatic nitrogens is 2. The van der Waals surface area contributed by atoms with Crippen LogP contribution in [0.2, 0.25) is 0 Å². The highest BCUT2D eigenvalue weighted by Crippen LogP contribution is 2.22. The fourth-order valence-corrected chi connectivity index (χ4v) is 2.94. The monoisotopic (exact) mass is 326 g/mol. The third kappa shape index (κ3) is 3.32. The lowest BCUT2D eigenvalue weighted by atomic mass is 10.1. The first-order valence-electron chi connectivity index (χ1n) is 8.39. The Bertz CT molecular complexity index is 747. The Kier molecular flexibility index (Phi) is 4.93. The van der Waals surface area contributed by atoms with E-state index in [-0.39, 0.29) is 5.91 Å². The zero-order chi connectivity index (χ0) is 16.9. The predicted octanol–water partition coefficient (Wildman–Crippen LogP) is 2.84. The van der Waals surface area contributed by atoms with Crippen molar-refractivity contribution in [2.24, 2.45) is 5.10 Å². The number of hydrazone groups is 1. The van der Waals surface area contributed by atoms with Gasteiger partial charge < -0.3 is 4.74 Å². The van der Waals surface area contributed by atoms with Crippen molar-refractivity contribution in [3.05, 3.63) is 46.8 Å². The molecule has 6 heteroatoms. The number of nitrogens with one attached hydrogen (secondary N) is 2. The quantitative estimate of drug-likeness (QED) is 0.633. The molecular weight excluding hydrogens is 304 g/mol. The molecule has 1 amide bonds. The zero-order valence-corrected chi connectivity index (χ0v) is 14.1. The van der Waals surface area contributed by atoms with Crippen molar-refractivity contribution in [2.45, 2.75) is 39.5 Å². The fraction of sp³-hybridized carbons (Fsp3) is 0.389. The molecule has 0 unspecified atom stereocenters. The number of aryl methyl sites for hydroxylation is 1. The normalized spacial score (nSPS) is 13.7. The summed E-state index contributed by atoms with van der Waals surface area (Å²) in [5, 5.41) is 11.4. The van der Waals surface area contributed by atoms with Crippen molar-refractivity contribution >= 4 is 11.6 Å². The second-order valence-corrected chi connectivity index (χ2v) is 5.69. The number of benzene rings is 1. The summed E-state index contributed by atoms with van der Waals surface area (Å²) in [5.41, 5.74) is 6.99. The third-order valence-corrected chi connectivity index (χ3v) is 4.15. The van der Waals surface area contributed by atoms with Crippen molar-refractivity contribution in [1.29, 1.82) is 0 Å². The van der Waals surface area contributed by atoms with Gasteiger partial charge in [-0.2, -0.15) is 10.2 Å². The van der Waals surface area contributed by atoms with Crippen LogP contribution in [0.4, 0.5) is 0 Å². The van der Waals surface area contributed by atoms with Gasteiger partial charge in [-0.1, -0.05) is 6.92 Å². The van der Waals surface area contributed by atoms with E-state index in [1.165, 1.54) is 0 Å². The summed E-state index contributed by atoms with van der Waals surface area (Å²) < 4.78 is 5.44. The molecule has 0 radical (unpaired) electrons. The number of nitrogens with zero attached hydrogens (tertiary/aromatic N) is 2. The van der Waals surface area contributed by atoms with Crippen molar-refractivity contribution in [2.75, 3.05) is 6.61 Å². The Morgan fingerprint density at radius 3 is 2.79 bits per heavy atom. The van der Waals surface area contributed by atoms with Gasteiger partial charge in [0.05, 0.1) is 12.3 Å². The van der Waals surface area contributed by atoms with Gasteiger partial charge in [0.15, 0.2) is 5.69 Å². The Morgan fingerprint density at radius 2 is 2.08 bits per heavy atom. The highest BCUT2D eigenvalue weighted by atomic mass is 16.5. The Hall–Kier alpha value is -2.63. The molecule has 1 aliphatic carbocycles. The molecule has 0 saturated heterocycles. The van der Waals surface area contributed by atoms with Crippen LogP contribution in [0.1, 0.15) is 54.0 Å². The maximum atomic E-state index is 12.3. The molecule has 1 aliphatic rings. The molecule has 6 nitrogen and oxygen atoms in total. The Labute approximate surface area is 141 Å². The van der Waals surface area contributed by atoms with Crippen LogP contribution in [0.15, 0.2) is 29.4 Å². The van der Waals surface area contributed by atoms with E-state index in [9.17, 15) is 4.79 Å². The minimum Gasteiger partial charge on any atom is -0.494 e. The van der Waals surface area contributed by atoms with Crippen molar-refractivity contribution in [3.63, 3.8) is 0 Å². The van der Waals surface area contributed by atoms with E-state index in [1.807, 2.05) is 38.1 Å². The number of H-pyrrole nitrogens is 1. The molecule has 0 fully saturated rings. The van der Waals surface area contributed by atoms with E-state index in [4.69, 9.17) is 4.74 Å². The summed E-state index contributed by atoms with van der Waals surface area (Å²) in [4.78, 5) is 12.3. The molecule has 126 valence electrons. The zero-order valence-electron chi connectivity index (χ0n) is 14.1. The number of hydrogen-bond acceptors (Lipinski definition) is 4. The second kappa shape index (κ2) is 7.29. The highest BCUT2D eigenvalue weighted by molar-refractivity contribution is 6.02. The van der Waals surface area contributed by atoms with E-state index < -0.39 is 0 Å². The average Bonchev–Trinajstić information content (AvgIpc) is 3.20. The molecule has 0 aliphatic heterocycles. The summed E-state index contributed by atoms with van der Waals surface area (Å²) in [7, 11) is 0. The first-order valence-corrected chi connectivity index (χ1v) is 8.39. The van der Waals surface area contributed by atoms with Gasteiger partial charge in [0.2, 0.25) is 0 Å². The lowest BCUT2D eigenvalue weighted by Crippen LogP contribution is -2.21. The topological polar surface area (TPSA) is 79.4 Å². The number of aromatic amines is 1. The van der Waals surface area contributed by atoms with Gasteiger partial charge in [-0.15, -0.1) is 0 Å². The number of carbonyl (C=O) groups is 1. The molecule has 0 saturated carbocycles. The Balaban J connectivity index is 1.72. The first-order chi connectivity index (χ1) is 11.7. The number of rotatable bonds is 6. The predicted molar refractivity (Wildman–Crippen MR) is 92.5 cm³/mol. The standard InChI is InChI=1S/C18H22N4O2/c1-3-15(12-8-10-13(11-9-12)24-4-2)19-22-18(23)17-14-6-5-7-16(14)20-21-17/h8-11H,3-7H2,1-2H3,(H,20,21)(H,22,23)/b19-15+. The smallest absolute Gasteiger partial charge is 0.292 e. The summed E-state index contributed by atoms with van der Waals surface area (Å²) >= 11 is 0. The van der Waals surface area contributed by atoms with E-state index in [0.717, 1.165) is 47.5 Å². The van der Waals surface area contributed by atoms with Crippen molar-refractivity contribution in [1.82, 2.24) is 15.6 Å². The molecule has 0 atom stereocenters. The van der Waals surface area contributed by atoms with Gasteiger partial charge in [0.25, 0.3) is 5.91 Å². The van der Waals surface area contributed by atoms with Gasteiger partial charge in [0.1, 0.15) is 5.75 Å². The number of ether oxygens (including phenoxy) is 1. The molecular formula is C18H22N4O2. The summed E-state index contributed by atoms with van der Waals surface area (Å²) in [6.45, 7) is 4.60. The summed E-state index contributed by atoms with van der Waals surface area (Å²) in [5.74, 6) is 0.569. The second-order valence-electron chi connectivity index (χ2n) is 5.69. The molecule has 1 aromatic heterocycles. The molecule has 0 bridgehead atoms. The molecule has 1 aromatic carbocycles. The van der Waals surface area contributed by atoms with Crippen LogP contribution in [0.3, 0.4) is 0 Å². The number of fused-ring (bicyclic) bond motifs is 1.